The molecule has 0 radical (unpaired) electrons. The van der Waals surface area contributed by atoms with Crippen molar-refractivity contribution in [1.29, 1.82) is 0 Å². The third kappa shape index (κ3) is 3.62. The van der Waals surface area contributed by atoms with Crippen molar-refractivity contribution in [2.45, 2.75) is 51.2 Å². The Balaban J connectivity index is 1.32. The van der Waals surface area contributed by atoms with Crippen molar-refractivity contribution in [3.63, 3.8) is 0 Å². The molecule has 3 saturated heterocycles. The van der Waals surface area contributed by atoms with Crippen molar-refractivity contribution in [2.75, 3.05) is 26.2 Å². The first-order chi connectivity index (χ1) is 12.6. The molecule has 3 aliphatic rings. The van der Waals surface area contributed by atoms with E-state index in [0.29, 0.717) is 24.4 Å². The van der Waals surface area contributed by atoms with Crippen molar-refractivity contribution in [3.8, 4) is 0 Å². The van der Waals surface area contributed by atoms with Crippen molar-refractivity contribution >= 4 is 17.2 Å². The predicted molar refractivity (Wildman–Crippen MR) is 105 cm³/mol. The van der Waals surface area contributed by atoms with E-state index in [1.807, 2.05) is 17.5 Å². The number of likely N-dealkylation sites (tertiary alicyclic amines) is 1. The number of hydrogen-bond donors (Lipinski definition) is 1. The number of hydrogen-bond acceptors (Lipinski definition) is 4. The molecule has 0 saturated carbocycles. The number of rotatable bonds is 7. The smallest absolute Gasteiger partial charge is 0.225 e. The maximum atomic E-state index is 12.3. The van der Waals surface area contributed by atoms with E-state index in [1.165, 1.54) is 12.0 Å². The van der Waals surface area contributed by atoms with Gasteiger partial charge in [0.05, 0.1) is 18.1 Å². The summed E-state index contributed by atoms with van der Waals surface area (Å²) >= 11 is 1.65. The molecule has 4 heterocycles. The summed E-state index contributed by atoms with van der Waals surface area (Å²) in [6, 6.07) is 4.03. The van der Waals surface area contributed by atoms with E-state index >= 15 is 0 Å². The lowest BCUT2D eigenvalue weighted by atomic mass is 9.73. The summed E-state index contributed by atoms with van der Waals surface area (Å²) in [5, 5.41) is 5.22. The van der Waals surface area contributed by atoms with Crippen molar-refractivity contribution < 1.29 is 9.53 Å². The molecule has 1 N–H and O–H groups in total. The van der Waals surface area contributed by atoms with Gasteiger partial charge in [0.15, 0.2) is 0 Å². The van der Waals surface area contributed by atoms with Crippen LogP contribution in [0, 0.1) is 11.8 Å². The fourth-order valence-electron chi connectivity index (χ4n) is 5.13. The maximum absolute atomic E-state index is 12.3. The number of nitrogens with zero attached hydrogens (tertiary/aromatic N) is 1. The zero-order chi connectivity index (χ0) is 18.1. The molecular weight excluding hydrogens is 344 g/mol. The van der Waals surface area contributed by atoms with Gasteiger partial charge < -0.3 is 10.1 Å². The number of fused-ring (bicyclic) bond motifs is 1. The minimum absolute atomic E-state index is 0.0682. The standard InChI is InChI=1S/C21H30N2O2S/c1-15(2)5-3-9-23-13-18-17(19-7-8-21(18,14-23)25-19)12-22-20(24)11-16-6-4-10-26-16/h4-6,10,17-19H,3,7-9,11-14H2,1-2H3,(H,22,24)/t17-,18+,19+,21+/m0/s1. The summed E-state index contributed by atoms with van der Waals surface area (Å²) in [6.45, 7) is 8.41. The van der Waals surface area contributed by atoms with Gasteiger partial charge in [0.2, 0.25) is 5.91 Å². The van der Waals surface area contributed by atoms with E-state index in [4.69, 9.17) is 4.74 Å². The molecule has 3 aliphatic heterocycles. The van der Waals surface area contributed by atoms with Gasteiger partial charge in [0.25, 0.3) is 0 Å². The summed E-state index contributed by atoms with van der Waals surface area (Å²) < 4.78 is 6.49. The molecule has 0 unspecified atom stereocenters. The SMILES string of the molecule is CC(C)=CCCN1C[C@@H]2[C@H](CNC(=O)Cc3cccs3)[C@H]3CC[C@]2(C1)O3. The molecular formula is C21H30N2O2S. The Morgan fingerprint density at radius 2 is 2.38 bits per heavy atom. The van der Waals surface area contributed by atoms with Crippen LogP contribution >= 0.6 is 11.3 Å². The minimum atomic E-state index is 0.0682. The van der Waals surface area contributed by atoms with Gasteiger partial charge in [-0.25, -0.2) is 0 Å². The van der Waals surface area contributed by atoms with E-state index in [9.17, 15) is 4.79 Å². The van der Waals surface area contributed by atoms with E-state index in [2.05, 4.69) is 30.1 Å². The first kappa shape index (κ1) is 18.2. The summed E-state index contributed by atoms with van der Waals surface area (Å²) in [5.41, 5.74) is 1.46. The molecule has 1 amide bonds. The Hall–Kier alpha value is -1.17. The lowest BCUT2D eigenvalue weighted by Crippen LogP contribution is -2.42. The van der Waals surface area contributed by atoms with Gasteiger partial charge in [-0.1, -0.05) is 17.7 Å². The normalized spacial score (nSPS) is 32.6. The average molecular weight is 375 g/mol. The van der Waals surface area contributed by atoms with E-state index < -0.39 is 0 Å². The molecule has 4 rings (SSSR count). The van der Waals surface area contributed by atoms with Gasteiger partial charge in [-0.3, -0.25) is 9.69 Å². The topological polar surface area (TPSA) is 41.6 Å². The van der Waals surface area contributed by atoms with Gasteiger partial charge in [-0.2, -0.15) is 0 Å². The molecule has 3 fully saturated rings. The van der Waals surface area contributed by atoms with E-state index in [1.54, 1.807) is 11.3 Å². The second kappa shape index (κ2) is 7.45. The van der Waals surface area contributed by atoms with Crippen LogP contribution in [0.15, 0.2) is 29.2 Å². The summed E-state index contributed by atoms with van der Waals surface area (Å²) in [6.07, 6.45) is 6.65. The molecule has 0 aliphatic carbocycles. The largest absolute Gasteiger partial charge is 0.370 e. The van der Waals surface area contributed by atoms with Gasteiger partial charge in [-0.05, 0) is 44.6 Å². The number of allylic oxidation sites excluding steroid dienone is 1. The van der Waals surface area contributed by atoms with Crippen LogP contribution in [0.2, 0.25) is 0 Å². The van der Waals surface area contributed by atoms with Crippen LogP contribution in [0.25, 0.3) is 0 Å². The van der Waals surface area contributed by atoms with Crippen LogP contribution in [0.1, 0.15) is 38.0 Å². The van der Waals surface area contributed by atoms with Gasteiger partial charge in [-0.15, -0.1) is 11.3 Å². The Kier molecular flexibility index (Phi) is 5.22. The van der Waals surface area contributed by atoms with Crippen LogP contribution in [-0.4, -0.2) is 48.7 Å². The summed E-state index contributed by atoms with van der Waals surface area (Å²) in [7, 11) is 0. The van der Waals surface area contributed by atoms with Crippen molar-refractivity contribution in [3.05, 3.63) is 34.0 Å². The molecule has 142 valence electrons. The Morgan fingerprint density at radius 1 is 1.50 bits per heavy atom. The molecule has 4 atom stereocenters. The first-order valence-corrected chi connectivity index (χ1v) is 10.8. The summed E-state index contributed by atoms with van der Waals surface area (Å²) in [4.78, 5) is 16.0. The lowest BCUT2D eigenvalue weighted by molar-refractivity contribution is -0.120. The fraction of sp³-hybridized carbons (Fsp3) is 0.667. The minimum Gasteiger partial charge on any atom is -0.370 e. The van der Waals surface area contributed by atoms with Crippen molar-refractivity contribution in [1.82, 2.24) is 10.2 Å². The molecule has 1 aromatic heterocycles. The second-order valence-electron chi connectivity index (χ2n) is 8.40. The van der Waals surface area contributed by atoms with E-state index in [-0.39, 0.29) is 11.5 Å². The molecule has 4 nitrogen and oxygen atoms in total. The third-order valence-electron chi connectivity index (χ3n) is 6.30. The highest BCUT2D eigenvalue weighted by Gasteiger charge is 2.62. The van der Waals surface area contributed by atoms with E-state index in [0.717, 1.165) is 43.9 Å². The fourth-order valence-corrected chi connectivity index (χ4v) is 5.83. The van der Waals surface area contributed by atoms with Gasteiger partial charge >= 0.3 is 0 Å². The predicted octanol–water partition coefficient (Wildman–Crippen LogP) is 3.24. The maximum Gasteiger partial charge on any atom is 0.225 e. The first-order valence-electron chi connectivity index (χ1n) is 9.88. The molecule has 1 aromatic rings. The third-order valence-corrected chi connectivity index (χ3v) is 7.18. The highest BCUT2D eigenvalue weighted by Crippen LogP contribution is 2.54. The molecule has 26 heavy (non-hydrogen) atoms. The number of carbonyl (C=O) groups is 1. The Bertz CT molecular complexity index is 668. The molecule has 1 spiro atoms. The highest BCUT2D eigenvalue weighted by atomic mass is 32.1. The summed E-state index contributed by atoms with van der Waals surface area (Å²) in [5.74, 6) is 1.20. The van der Waals surface area contributed by atoms with Crippen LogP contribution < -0.4 is 5.32 Å². The number of thiophene rings is 1. The monoisotopic (exact) mass is 374 g/mol. The number of carbonyl (C=O) groups excluding carboxylic acids is 1. The zero-order valence-corrected chi connectivity index (χ0v) is 16.7. The van der Waals surface area contributed by atoms with Gasteiger partial charge in [0.1, 0.15) is 0 Å². The van der Waals surface area contributed by atoms with Crippen LogP contribution in [0.4, 0.5) is 0 Å². The molecule has 0 aromatic carbocycles. The number of ether oxygens (including phenoxy) is 1. The van der Waals surface area contributed by atoms with Gasteiger partial charge in [0, 0.05) is 42.9 Å². The number of nitrogens with one attached hydrogen (secondary N) is 1. The molecule has 2 bridgehead atoms. The average Bonchev–Trinajstić information content (AvgIpc) is 3.33. The Labute approximate surface area is 160 Å². The lowest BCUT2D eigenvalue weighted by Gasteiger charge is -2.29. The molecule has 5 heteroatoms. The van der Waals surface area contributed by atoms with Crippen LogP contribution in [0.3, 0.4) is 0 Å². The highest BCUT2D eigenvalue weighted by molar-refractivity contribution is 7.10. The second-order valence-corrected chi connectivity index (χ2v) is 9.43. The quantitative estimate of drug-likeness (QED) is 0.745. The van der Waals surface area contributed by atoms with Crippen LogP contribution in [-0.2, 0) is 16.0 Å². The van der Waals surface area contributed by atoms with Crippen molar-refractivity contribution in [2.24, 2.45) is 11.8 Å². The van der Waals surface area contributed by atoms with Crippen LogP contribution in [0.5, 0.6) is 0 Å². The number of amides is 1. The zero-order valence-electron chi connectivity index (χ0n) is 15.9. The Morgan fingerprint density at radius 3 is 3.15 bits per heavy atom.